The number of thiol groups is 1. The maximum atomic E-state index is 9.69. The molecule has 0 aromatic rings. The van der Waals surface area contributed by atoms with Crippen molar-refractivity contribution in [1.29, 1.82) is 0 Å². The molecule has 0 aromatic heterocycles. The van der Waals surface area contributed by atoms with E-state index in [1.807, 2.05) is 33.8 Å². The Hall–Kier alpha value is 0.01000. The normalized spacial score (nSPS) is 28.7. The molecule has 1 aliphatic rings. The van der Waals surface area contributed by atoms with Crippen molar-refractivity contribution in [2.24, 2.45) is 0 Å². The van der Waals surface area contributed by atoms with Gasteiger partial charge in [-0.05, 0) is 27.7 Å². The van der Waals surface area contributed by atoms with Crippen molar-refractivity contribution in [3.63, 3.8) is 0 Å². The zero-order valence-electron chi connectivity index (χ0n) is 7.42. The first-order chi connectivity index (χ1) is 4.78. The lowest BCUT2D eigenvalue weighted by molar-refractivity contribution is -0.183. The summed E-state index contributed by atoms with van der Waals surface area (Å²) in [4.78, 5) is 0.921. The van der Waals surface area contributed by atoms with Crippen LogP contribution < -0.4 is 0 Å². The molecular weight excluding hydrogens is 158 g/mol. The van der Waals surface area contributed by atoms with Gasteiger partial charge in [0, 0.05) is 4.91 Å². The van der Waals surface area contributed by atoms with E-state index in [1.54, 1.807) is 0 Å². The third-order valence-electron chi connectivity index (χ3n) is 2.19. The van der Waals surface area contributed by atoms with Crippen molar-refractivity contribution in [2.75, 3.05) is 0 Å². The van der Waals surface area contributed by atoms with E-state index in [-0.39, 0.29) is 11.1 Å². The Morgan fingerprint density at radius 3 is 1.91 bits per heavy atom. The van der Waals surface area contributed by atoms with Gasteiger partial charge >= 0.3 is 0 Å². The number of rotatable bonds is 0. The van der Waals surface area contributed by atoms with Gasteiger partial charge in [0.05, 0.1) is 11.1 Å². The van der Waals surface area contributed by atoms with Gasteiger partial charge in [-0.1, -0.05) is 6.08 Å². The summed E-state index contributed by atoms with van der Waals surface area (Å²) < 4.78 is 0. The molecule has 11 heavy (non-hydrogen) atoms. The first kappa shape index (κ1) is 9.10. The van der Waals surface area contributed by atoms with Gasteiger partial charge in [-0.15, -0.1) is 12.6 Å². The maximum Gasteiger partial charge on any atom is 0.0715 e. The molecule has 0 spiro atoms. The summed E-state index contributed by atoms with van der Waals surface area (Å²) in [5, 5.41) is 11.0. The van der Waals surface area contributed by atoms with Crippen molar-refractivity contribution < 1.29 is 5.21 Å². The molecule has 0 saturated heterocycles. The summed E-state index contributed by atoms with van der Waals surface area (Å²) in [5.41, 5.74) is -0.632. The molecule has 0 aliphatic carbocycles. The van der Waals surface area contributed by atoms with E-state index < -0.39 is 0 Å². The van der Waals surface area contributed by atoms with Crippen LogP contribution >= 0.6 is 12.6 Å². The molecule has 0 saturated carbocycles. The first-order valence-electron chi connectivity index (χ1n) is 3.70. The molecule has 0 aromatic carbocycles. The molecule has 3 heteroatoms. The predicted molar refractivity (Wildman–Crippen MR) is 48.9 cm³/mol. The monoisotopic (exact) mass is 173 g/mol. The highest BCUT2D eigenvalue weighted by atomic mass is 32.1. The first-order valence-corrected chi connectivity index (χ1v) is 4.15. The third kappa shape index (κ3) is 1.21. The average Bonchev–Trinajstić information content (AvgIpc) is 1.94. The minimum Gasteiger partial charge on any atom is -0.312 e. The Labute approximate surface area is 73.3 Å². The number of hydrogen-bond donors (Lipinski definition) is 2. The van der Waals surface area contributed by atoms with Crippen LogP contribution in [0.3, 0.4) is 0 Å². The van der Waals surface area contributed by atoms with Crippen LogP contribution in [0.25, 0.3) is 0 Å². The highest BCUT2D eigenvalue weighted by molar-refractivity contribution is 7.84. The largest absolute Gasteiger partial charge is 0.312 e. The van der Waals surface area contributed by atoms with E-state index in [4.69, 9.17) is 0 Å². The minimum absolute atomic E-state index is 0.291. The fourth-order valence-corrected chi connectivity index (χ4v) is 1.81. The molecule has 64 valence electrons. The molecule has 1 rings (SSSR count). The summed E-state index contributed by atoms with van der Waals surface area (Å²) in [6.45, 7) is 7.80. The molecule has 0 bridgehead atoms. The SMILES string of the molecule is CC1(C)C=C(S)C(C)(C)N1O. The topological polar surface area (TPSA) is 23.5 Å². The van der Waals surface area contributed by atoms with Gasteiger partial charge in [0.2, 0.25) is 0 Å². The Balaban J connectivity index is 3.04. The lowest BCUT2D eigenvalue weighted by atomic mass is 10.1. The molecule has 1 N–H and O–H groups in total. The van der Waals surface area contributed by atoms with Crippen LogP contribution in [0, 0.1) is 0 Å². The van der Waals surface area contributed by atoms with Crippen LogP contribution in [0.15, 0.2) is 11.0 Å². The van der Waals surface area contributed by atoms with E-state index >= 15 is 0 Å². The molecular formula is C8H15NOS. The lowest BCUT2D eigenvalue weighted by Gasteiger charge is -2.35. The van der Waals surface area contributed by atoms with Crippen LogP contribution in [-0.4, -0.2) is 21.3 Å². The standard InChI is InChI=1S/C8H15NOS/c1-7(2)5-6(11)8(3,4)9(7)10/h5,10-11H,1-4H3. The average molecular weight is 173 g/mol. The Morgan fingerprint density at radius 1 is 1.36 bits per heavy atom. The van der Waals surface area contributed by atoms with Crippen LogP contribution in [0.4, 0.5) is 0 Å². The summed E-state index contributed by atoms with van der Waals surface area (Å²) in [6.07, 6.45) is 1.97. The summed E-state index contributed by atoms with van der Waals surface area (Å²) in [6, 6.07) is 0. The van der Waals surface area contributed by atoms with Crippen molar-refractivity contribution in [3.05, 3.63) is 11.0 Å². The van der Waals surface area contributed by atoms with E-state index in [0.717, 1.165) is 4.91 Å². The van der Waals surface area contributed by atoms with Gasteiger partial charge in [-0.25, -0.2) is 0 Å². The van der Waals surface area contributed by atoms with Crippen molar-refractivity contribution >= 4 is 12.6 Å². The fraction of sp³-hybridized carbons (Fsp3) is 0.750. The third-order valence-corrected chi connectivity index (χ3v) is 2.87. The Kier molecular flexibility index (Phi) is 1.86. The summed E-state index contributed by atoms with van der Waals surface area (Å²) in [7, 11) is 0. The van der Waals surface area contributed by atoms with Gasteiger partial charge < -0.3 is 5.21 Å². The molecule has 0 fully saturated rings. The minimum atomic E-state index is -0.341. The van der Waals surface area contributed by atoms with Gasteiger partial charge in [-0.2, -0.15) is 5.06 Å². The molecule has 1 aliphatic heterocycles. The lowest BCUT2D eigenvalue weighted by Crippen LogP contribution is -2.47. The van der Waals surface area contributed by atoms with Crippen molar-refractivity contribution in [1.82, 2.24) is 5.06 Å². The van der Waals surface area contributed by atoms with Crippen LogP contribution in [-0.2, 0) is 0 Å². The Morgan fingerprint density at radius 2 is 1.82 bits per heavy atom. The van der Waals surface area contributed by atoms with Crippen molar-refractivity contribution in [3.8, 4) is 0 Å². The maximum absolute atomic E-state index is 9.69. The van der Waals surface area contributed by atoms with Gasteiger partial charge in [0.25, 0.3) is 0 Å². The van der Waals surface area contributed by atoms with Gasteiger partial charge in [0.15, 0.2) is 0 Å². The highest BCUT2D eigenvalue weighted by Gasteiger charge is 2.43. The predicted octanol–water partition coefficient (Wildman–Crippen LogP) is 2.06. The summed E-state index contributed by atoms with van der Waals surface area (Å²) >= 11 is 4.31. The van der Waals surface area contributed by atoms with E-state index in [0.29, 0.717) is 0 Å². The van der Waals surface area contributed by atoms with E-state index in [2.05, 4.69) is 12.6 Å². The second-order valence-corrected chi connectivity index (χ2v) is 4.54. The van der Waals surface area contributed by atoms with E-state index in [9.17, 15) is 5.21 Å². The van der Waals surface area contributed by atoms with E-state index in [1.165, 1.54) is 5.06 Å². The Bertz CT molecular complexity index is 208. The second kappa shape index (κ2) is 2.25. The van der Waals surface area contributed by atoms with Crippen LogP contribution in [0.5, 0.6) is 0 Å². The zero-order valence-corrected chi connectivity index (χ0v) is 8.31. The summed E-state index contributed by atoms with van der Waals surface area (Å²) in [5.74, 6) is 0. The molecule has 0 amide bonds. The van der Waals surface area contributed by atoms with Crippen molar-refractivity contribution in [2.45, 2.75) is 38.8 Å². The van der Waals surface area contributed by atoms with Gasteiger partial charge in [-0.3, -0.25) is 0 Å². The fourth-order valence-electron chi connectivity index (χ4n) is 1.40. The molecule has 0 atom stereocenters. The van der Waals surface area contributed by atoms with Crippen LogP contribution in [0.1, 0.15) is 27.7 Å². The quantitative estimate of drug-likeness (QED) is 0.548. The molecule has 0 radical (unpaired) electrons. The number of hydrogen-bond acceptors (Lipinski definition) is 3. The van der Waals surface area contributed by atoms with Gasteiger partial charge in [0.1, 0.15) is 0 Å². The molecule has 1 heterocycles. The highest BCUT2D eigenvalue weighted by Crippen LogP contribution is 2.39. The number of nitrogens with zero attached hydrogens (tertiary/aromatic N) is 1. The molecule has 2 nitrogen and oxygen atoms in total. The zero-order chi connectivity index (χ0) is 8.86. The smallest absolute Gasteiger partial charge is 0.0715 e. The number of hydroxylamine groups is 2. The molecule has 0 unspecified atom stereocenters. The van der Waals surface area contributed by atoms with Crippen LogP contribution in [0.2, 0.25) is 0 Å². The second-order valence-electron chi connectivity index (χ2n) is 4.05.